The smallest absolute Gasteiger partial charge is 0.312 e. The van der Waals surface area contributed by atoms with Crippen molar-refractivity contribution >= 4 is 17.6 Å². The fraction of sp³-hybridized carbons (Fsp3) is 0.385. The summed E-state index contributed by atoms with van der Waals surface area (Å²) in [7, 11) is 0. The number of hydrogen-bond acceptors (Lipinski definition) is 2. The number of aliphatic carboxylic acids is 1. The Bertz CT molecular complexity index is 468. The van der Waals surface area contributed by atoms with Gasteiger partial charge in [0.05, 0.1) is 0 Å². The van der Waals surface area contributed by atoms with Crippen LogP contribution in [0.15, 0.2) is 18.2 Å². The Kier molecular flexibility index (Phi) is 3.13. The van der Waals surface area contributed by atoms with E-state index >= 15 is 0 Å². The van der Waals surface area contributed by atoms with Gasteiger partial charge in [-0.1, -0.05) is 17.7 Å². The van der Waals surface area contributed by atoms with Gasteiger partial charge in [-0.25, -0.2) is 0 Å². The van der Waals surface area contributed by atoms with Crippen LogP contribution in [0.2, 0.25) is 0 Å². The first-order valence-electron chi connectivity index (χ1n) is 5.69. The molecule has 1 aliphatic heterocycles. The molecule has 0 saturated heterocycles. The van der Waals surface area contributed by atoms with Crippen LogP contribution in [0.3, 0.4) is 0 Å². The average molecular weight is 233 g/mol. The lowest BCUT2D eigenvalue weighted by Gasteiger charge is -2.29. The summed E-state index contributed by atoms with van der Waals surface area (Å²) in [5.74, 6) is -1.41. The van der Waals surface area contributed by atoms with Crippen molar-refractivity contribution in [3.8, 4) is 0 Å². The van der Waals surface area contributed by atoms with Crippen LogP contribution in [0.25, 0.3) is 0 Å². The summed E-state index contributed by atoms with van der Waals surface area (Å²) in [5, 5.41) is 8.66. The standard InChI is InChI=1S/C13H15NO3/c1-9-4-5-11-10(7-9)3-2-6-14(11)12(15)8-13(16)17/h4-5,7H,2-3,6,8H2,1H3,(H,16,17). The number of carbonyl (C=O) groups excluding carboxylic acids is 1. The Labute approximate surface area is 99.9 Å². The molecule has 0 saturated carbocycles. The van der Waals surface area contributed by atoms with Crippen molar-refractivity contribution in [3.63, 3.8) is 0 Å². The molecule has 0 bridgehead atoms. The molecule has 0 atom stereocenters. The lowest BCUT2D eigenvalue weighted by Crippen LogP contribution is -2.36. The number of fused-ring (bicyclic) bond motifs is 1. The third-order valence-electron chi connectivity index (χ3n) is 2.96. The van der Waals surface area contributed by atoms with Gasteiger partial charge in [0.15, 0.2) is 0 Å². The van der Waals surface area contributed by atoms with E-state index in [1.807, 2.05) is 19.1 Å². The second kappa shape index (κ2) is 4.57. The number of hydrogen-bond donors (Lipinski definition) is 1. The van der Waals surface area contributed by atoms with E-state index in [-0.39, 0.29) is 5.91 Å². The maximum absolute atomic E-state index is 11.8. The maximum Gasteiger partial charge on any atom is 0.312 e. The van der Waals surface area contributed by atoms with Gasteiger partial charge in [0.1, 0.15) is 6.42 Å². The highest BCUT2D eigenvalue weighted by Gasteiger charge is 2.23. The van der Waals surface area contributed by atoms with E-state index in [4.69, 9.17) is 5.11 Å². The third kappa shape index (κ3) is 2.46. The number of carboxylic acid groups (broad SMARTS) is 1. The molecule has 0 fully saturated rings. The second-order valence-corrected chi connectivity index (χ2v) is 4.35. The fourth-order valence-electron chi connectivity index (χ4n) is 2.21. The SMILES string of the molecule is Cc1ccc2c(c1)CCCN2C(=O)CC(=O)O. The molecule has 1 heterocycles. The molecule has 0 aromatic heterocycles. The van der Waals surface area contributed by atoms with E-state index in [0.717, 1.165) is 29.7 Å². The fourth-order valence-corrected chi connectivity index (χ4v) is 2.21. The predicted molar refractivity (Wildman–Crippen MR) is 64.1 cm³/mol. The lowest BCUT2D eigenvalue weighted by molar-refractivity contribution is -0.140. The van der Waals surface area contributed by atoms with Crippen LogP contribution >= 0.6 is 0 Å². The molecule has 4 heteroatoms. The molecule has 0 radical (unpaired) electrons. The van der Waals surface area contributed by atoms with E-state index in [0.29, 0.717) is 6.54 Å². The monoisotopic (exact) mass is 233 g/mol. The summed E-state index contributed by atoms with van der Waals surface area (Å²) in [5.41, 5.74) is 3.17. The third-order valence-corrected chi connectivity index (χ3v) is 2.96. The highest BCUT2D eigenvalue weighted by atomic mass is 16.4. The van der Waals surface area contributed by atoms with Crippen molar-refractivity contribution in [2.45, 2.75) is 26.2 Å². The van der Waals surface area contributed by atoms with Crippen molar-refractivity contribution in [3.05, 3.63) is 29.3 Å². The largest absolute Gasteiger partial charge is 0.481 e. The number of carboxylic acids is 1. The number of nitrogens with zero attached hydrogens (tertiary/aromatic N) is 1. The number of anilines is 1. The summed E-state index contributed by atoms with van der Waals surface area (Å²) >= 11 is 0. The minimum Gasteiger partial charge on any atom is -0.481 e. The van der Waals surface area contributed by atoms with Gasteiger partial charge < -0.3 is 10.0 Å². The zero-order chi connectivity index (χ0) is 12.4. The van der Waals surface area contributed by atoms with Gasteiger partial charge in [-0.05, 0) is 31.4 Å². The molecule has 1 aromatic carbocycles. The van der Waals surface area contributed by atoms with Gasteiger partial charge in [0, 0.05) is 12.2 Å². The Hall–Kier alpha value is -1.84. The average Bonchev–Trinajstić information content (AvgIpc) is 2.26. The number of rotatable bonds is 2. The Morgan fingerprint density at radius 3 is 2.88 bits per heavy atom. The molecule has 2 rings (SSSR count). The van der Waals surface area contributed by atoms with Gasteiger partial charge >= 0.3 is 5.97 Å². The number of benzene rings is 1. The second-order valence-electron chi connectivity index (χ2n) is 4.35. The van der Waals surface area contributed by atoms with Crippen molar-refractivity contribution < 1.29 is 14.7 Å². The van der Waals surface area contributed by atoms with Gasteiger partial charge in [-0.3, -0.25) is 9.59 Å². The van der Waals surface area contributed by atoms with Gasteiger partial charge in [0.2, 0.25) is 5.91 Å². The Morgan fingerprint density at radius 1 is 1.41 bits per heavy atom. The molecular formula is C13H15NO3. The van der Waals surface area contributed by atoms with E-state index in [9.17, 15) is 9.59 Å². The molecule has 1 amide bonds. The Balaban J connectivity index is 2.28. The van der Waals surface area contributed by atoms with Gasteiger partial charge in [0.25, 0.3) is 0 Å². The Morgan fingerprint density at radius 2 is 2.18 bits per heavy atom. The number of carbonyl (C=O) groups is 2. The van der Waals surface area contributed by atoms with E-state index in [1.165, 1.54) is 0 Å². The molecule has 0 unspecified atom stereocenters. The predicted octanol–water partition coefficient (Wildman–Crippen LogP) is 1.75. The molecule has 4 nitrogen and oxygen atoms in total. The summed E-state index contributed by atoms with van der Waals surface area (Å²) in [6, 6.07) is 5.92. The summed E-state index contributed by atoms with van der Waals surface area (Å²) in [6.45, 7) is 2.63. The molecule has 0 spiro atoms. The van der Waals surface area contributed by atoms with Crippen LogP contribution < -0.4 is 4.90 Å². The zero-order valence-electron chi connectivity index (χ0n) is 9.77. The van der Waals surface area contributed by atoms with Crippen LogP contribution in [-0.2, 0) is 16.0 Å². The molecule has 17 heavy (non-hydrogen) atoms. The summed E-state index contributed by atoms with van der Waals surface area (Å²) < 4.78 is 0. The number of aryl methyl sites for hydroxylation is 2. The highest BCUT2D eigenvalue weighted by Crippen LogP contribution is 2.28. The topological polar surface area (TPSA) is 57.6 Å². The number of amides is 1. The molecule has 1 aromatic rings. The normalized spacial score (nSPS) is 14.3. The van der Waals surface area contributed by atoms with Crippen molar-refractivity contribution in [1.29, 1.82) is 0 Å². The quantitative estimate of drug-likeness (QED) is 0.792. The summed E-state index contributed by atoms with van der Waals surface area (Å²) in [6.07, 6.45) is 1.41. The van der Waals surface area contributed by atoms with E-state index < -0.39 is 12.4 Å². The minimum absolute atomic E-state index is 0.331. The molecule has 0 aliphatic carbocycles. The van der Waals surface area contributed by atoms with Gasteiger partial charge in [-0.15, -0.1) is 0 Å². The summed E-state index contributed by atoms with van der Waals surface area (Å²) in [4.78, 5) is 24.0. The van der Waals surface area contributed by atoms with Crippen LogP contribution in [0, 0.1) is 6.92 Å². The van der Waals surface area contributed by atoms with Crippen LogP contribution in [0.4, 0.5) is 5.69 Å². The molecular weight excluding hydrogens is 218 g/mol. The highest BCUT2D eigenvalue weighted by molar-refractivity contribution is 6.03. The van der Waals surface area contributed by atoms with Crippen molar-refractivity contribution in [2.24, 2.45) is 0 Å². The van der Waals surface area contributed by atoms with E-state index in [1.54, 1.807) is 4.90 Å². The van der Waals surface area contributed by atoms with Gasteiger partial charge in [-0.2, -0.15) is 0 Å². The van der Waals surface area contributed by atoms with Crippen molar-refractivity contribution in [1.82, 2.24) is 0 Å². The molecule has 1 aliphatic rings. The lowest BCUT2D eigenvalue weighted by atomic mass is 9.99. The van der Waals surface area contributed by atoms with Crippen LogP contribution in [0.5, 0.6) is 0 Å². The first-order valence-corrected chi connectivity index (χ1v) is 5.69. The van der Waals surface area contributed by atoms with E-state index in [2.05, 4.69) is 6.07 Å². The van der Waals surface area contributed by atoms with Crippen LogP contribution in [0.1, 0.15) is 24.0 Å². The first-order chi connectivity index (χ1) is 8.08. The first kappa shape index (κ1) is 11.6. The minimum atomic E-state index is -1.07. The molecule has 1 N–H and O–H groups in total. The zero-order valence-corrected chi connectivity index (χ0v) is 9.77. The maximum atomic E-state index is 11.8. The van der Waals surface area contributed by atoms with Crippen LogP contribution in [-0.4, -0.2) is 23.5 Å². The molecule has 90 valence electrons. The van der Waals surface area contributed by atoms with Crippen molar-refractivity contribution in [2.75, 3.05) is 11.4 Å².